The highest BCUT2D eigenvalue weighted by molar-refractivity contribution is 5.81. The summed E-state index contributed by atoms with van der Waals surface area (Å²) in [6, 6.07) is 3.84. The molecule has 3 heteroatoms. The van der Waals surface area contributed by atoms with Gasteiger partial charge in [0.25, 0.3) is 0 Å². The van der Waals surface area contributed by atoms with Gasteiger partial charge in [0.05, 0.1) is 11.6 Å². The van der Waals surface area contributed by atoms with Gasteiger partial charge in [-0.15, -0.1) is 0 Å². The second-order valence-corrected chi connectivity index (χ2v) is 4.73. The van der Waals surface area contributed by atoms with E-state index in [4.69, 9.17) is 10.2 Å². The molecule has 2 aromatic rings. The number of nitrogens with two attached hydrogens (primary N) is 1. The fraction of sp³-hybridized carbons (Fsp3) is 0.357. The Morgan fingerprint density at radius 2 is 2.06 bits per heavy atom. The second-order valence-electron chi connectivity index (χ2n) is 4.73. The van der Waals surface area contributed by atoms with Crippen molar-refractivity contribution in [3.05, 3.63) is 45.3 Å². The van der Waals surface area contributed by atoms with Gasteiger partial charge in [-0.3, -0.25) is 4.79 Å². The maximum absolute atomic E-state index is 12.3. The predicted octanol–water partition coefficient (Wildman–Crippen LogP) is 2.30. The minimum atomic E-state index is -0.0406. The van der Waals surface area contributed by atoms with Gasteiger partial charge in [-0.05, 0) is 44.4 Å². The second kappa shape index (κ2) is 4.34. The molecule has 0 saturated heterocycles. The first-order chi connectivity index (χ1) is 7.99. The molecule has 1 unspecified atom stereocenters. The highest BCUT2D eigenvalue weighted by Crippen LogP contribution is 2.18. The molecule has 1 aromatic heterocycles. The van der Waals surface area contributed by atoms with Crippen molar-refractivity contribution < 1.29 is 4.42 Å². The predicted molar refractivity (Wildman–Crippen MR) is 69.3 cm³/mol. The molecule has 1 atom stereocenters. The molecular weight excluding hydrogens is 214 g/mol. The van der Waals surface area contributed by atoms with Crippen LogP contribution in [0, 0.1) is 13.8 Å². The number of fused-ring (bicyclic) bond motifs is 1. The monoisotopic (exact) mass is 231 g/mol. The summed E-state index contributed by atoms with van der Waals surface area (Å²) >= 11 is 0. The summed E-state index contributed by atoms with van der Waals surface area (Å²) in [7, 11) is 0. The molecule has 0 bridgehead atoms. The molecule has 3 nitrogen and oxygen atoms in total. The number of benzene rings is 1. The molecule has 17 heavy (non-hydrogen) atoms. The van der Waals surface area contributed by atoms with E-state index in [1.165, 1.54) is 6.26 Å². The molecule has 0 aliphatic carbocycles. The molecule has 0 spiro atoms. The lowest BCUT2D eigenvalue weighted by atomic mass is 10.0. The smallest absolute Gasteiger partial charge is 0.196 e. The Hall–Kier alpha value is -1.61. The van der Waals surface area contributed by atoms with Crippen molar-refractivity contribution in [2.75, 3.05) is 0 Å². The third-order valence-corrected chi connectivity index (χ3v) is 2.83. The molecule has 1 aromatic carbocycles. The molecule has 2 rings (SSSR count). The standard InChI is InChI=1S/C14H17NO2/c1-8-4-9(2)13-12(5-8)17-7-11(14(13)16)6-10(3)15/h4-5,7,10H,6,15H2,1-3H3. The van der Waals surface area contributed by atoms with Crippen LogP contribution in [0.4, 0.5) is 0 Å². The quantitative estimate of drug-likeness (QED) is 0.862. The molecule has 0 fully saturated rings. The fourth-order valence-corrected chi connectivity index (χ4v) is 2.15. The van der Waals surface area contributed by atoms with Gasteiger partial charge in [0.1, 0.15) is 5.58 Å². The third-order valence-electron chi connectivity index (χ3n) is 2.83. The molecule has 2 N–H and O–H groups in total. The molecular formula is C14H17NO2. The summed E-state index contributed by atoms with van der Waals surface area (Å²) in [5.41, 5.74) is 9.12. The van der Waals surface area contributed by atoms with Gasteiger partial charge in [0.15, 0.2) is 5.43 Å². The van der Waals surface area contributed by atoms with Crippen LogP contribution in [-0.2, 0) is 6.42 Å². The van der Waals surface area contributed by atoms with Crippen molar-refractivity contribution in [1.82, 2.24) is 0 Å². The summed E-state index contributed by atoms with van der Waals surface area (Å²) in [4.78, 5) is 12.3. The van der Waals surface area contributed by atoms with Crippen molar-refractivity contribution in [2.45, 2.75) is 33.2 Å². The van der Waals surface area contributed by atoms with Crippen LogP contribution in [0.3, 0.4) is 0 Å². The molecule has 0 amide bonds. The van der Waals surface area contributed by atoms with E-state index in [-0.39, 0.29) is 11.5 Å². The van der Waals surface area contributed by atoms with Crippen LogP contribution >= 0.6 is 0 Å². The first-order valence-electron chi connectivity index (χ1n) is 5.76. The van der Waals surface area contributed by atoms with Crippen molar-refractivity contribution >= 4 is 11.0 Å². The van der Waals surface area contributed by atoms with Crippen LogP contribution < -0.4 is 11.2 Å². The Morgan fingerprint density at radius 3 is 2.71 bits per heavy atom. The van der Waals surface area contributed by atoms with Crippen molar-refractivity contribution in [3.8, 4) is 0 Å². The Balaban J connectivity index is 2.71. The maximum atomic E-state index is 12.3. The summed E-state index contributed by atoms with van der Waals surface area (Å²) in [5, 5.41) is 0.675. The zero-order valence-electron chi connectivity index (χ0n) is 10.4. The molecule has 0 aliphatic heterocycles. The highest BCUT2D eigenvalue weighted by atomic mass is 16.3. The number of hydrogen-bond donors (Lipinski definition) is 1. The molecule has 0 aliphatic rings. The van der Waals surface area contributed by atoms with E-state index in [0.717, 1.165) is 11.1 Å². The van der Waals surface area contributed by atoms with Gasteiger partial charge in [0, 0.05) is 11.6 Å². The van der Waals surface area contributed by atoms with E-state index in [0.29, 0.717) is 23.0 Å². The zero-order chi connectivity index (χ0) is 12.6. The van der Waals surface area contributed by atoms with Gasteiger partial charge in [-0.2, -0.15) is 0 Å². The van der Waals surface area contributed by atoms with Gasteiger partial charge in [-0.1, -0.05) is 6.07 Å². The van der Waals surface area contributed by atoms with E-state index in [2.05, 4.69) is 0 Å². The molecule has 1 heterocycles. The van der Waals surface area contributed by atoms with E-state index in [1.807, 2.05) is 32.9 Å². The topological polar surface area (TPSA) is 56.2 Å². The minimum absolute atomic E-state index is 0.0406. The molecule has 0 saturated carbocycles. The van der Waals surface area contributed by atoms with Crippen LogP contribution in [0.2, 0.25) is 0 Å². The Kier molecular flexibility index (Phi) is 3.03. The Bertz CT molecular complexity index is 611. The van der Waals surface area contributed by atoms with Crippen LogP contribution in [0.5, 0.6) is 0 Å². The SMILES string of the molecule is Cc1cc(C)c2c(=O)c(CC(C)N)coc2c1. The molecule has 90 valence electrons. The van der Waals surface area contributed by atoms with Gasteiger partial charge in [-0.25, -0.2) is 0 Å². The summed E-state index contributed by atoms with van der Waals surface area (Å²) in [6.45, 7) is 5.80. The largest absolute Gasteiger partial charge is 0.464 e. The lowest BCUT2D eigenvalue weighted by Gasteiger charge is -2.07. The average molecular weight is 231 g/mol. The number of hydrogen-bond acceptors (Lipinski definition) is 3. The van der Waals surface area contributed by atoms with Gasteiger partial charge < -0.3 is 10.2 Å². The minimum Gasteiger partial charge on any atom is -0.464 e. The normalized spacial score (nSPS) is 12.9. The Labute approximate surface area is 100 Å². The van der Waals surface area contributed by atoms with E-state index in [1.54, 1.807) is 0 Å². The summed E-state index contributed by atoms with van der Waals surface area (Å²) in [6.07, 6.45) is 2.08. The number of aryl methyl sites for hydroxylation is 2. The van der Waals surface area contributed by atoms with Crippen LogP contribution in [-0.4, -0.2) is 6.04 Å². The summed E-state index contributed by atoms with van der Waals surface area (Å²) in [5.74, 6) is 0. The Morgan fingerprint density at radius 1 is 1.35 bits per heavy atom. The van der Waals surface area contributed by atoms with E-state index in [9.17, 15) is 4.79 Å². The van der Waals surface area contributed by atoms with Crippen molar-refractivity contribution in [3.63, 3.8) is 0 Å². The maximum Gasteiger partial charge on any atom is 0.196 e. The zero-order valence-corrected chi connectivity index (χ0v) is 10.4. The highest BCUT2D eigenvalue weighted by Gasteiger charge is 2.11. The van der Waals surface area contributed by atoms with E-state index >= 15 is 0 Å². The lowest BCUT2D eigenvalue weighted by molar-refractivity contribution is 0.584. The number of rotatable bonds is 2. The van der Waals surface area contributed by atoms with Crippen LogP contribution in [0.15, 0.2) is 27.6 Å². The van der Waals surface area contributed by atoms with Crippen molar-refractivity contribution in [2.24, 2.45) is 5.73 Å². The van der Waals surface area contributed by atoms with Crippen LogP contribution in [0.1, 0.15) is 23.6 Å². The lowest BCUT2D eigenvalue weighted by Crippen LogP contribution is -2.22. The average Bonchev–Trinajstić information content (AvgIpc) is 2.20. The molecule has 0 radical (unpaired) electrons. The van der Waals surface area contributed by atoms with Gasteiger partial charge in [0.2, 0.25) is 0 Å². The summed E-state index contributed by atoms with van der Waals surface area (Å²) < 4.78 is 5.53. The first kappa shape index (κ1) is 11.9. The first-order valence-corrected chi connectivity index (χ1v) is 5.76. The van der Waals surface area contributed by atoms with Crippen molar-refractivity contribution in [1.29, 1.82) is 0 Å². The van der Waals surface area contributed by atoms with Gasteiger partial charge >= 0.3 is 0 Å². The fourth-order valence-electron chi connectivity index (χ4n) is 2.15. The van der Waals surface area contributed by atoms with Crippen LogP contribution in [0.25, 0.3) is 11.0 Å². The van der Waals surface area contributed by atoms with E-state index < -0.39 is 0 Å². The third kappa shape index (κ3) is 2.24.